The van der Waals surface area contributed by atoms with Gasteiger partial charge in [0.1, 0.15) is 11.6 Å². The molecule has 2 rings (SSSR count). The van der Waals surface area contributed by atoms with Gasteiger partial charge in [0.2, 0.25) is 5.91 Å². The number of likely N-dealkylation sites (N-methyl/N-ethyl adjacent to an activating group) is 1. The smallest absolute Gasteiger partial charge is 0.231 e. The lowest BCUT2D eigenvalue weighted by atomic mass is 10.1. The van der Waals surface area contributed by atoms with Gasteiger partial charge in [0.05, 0.1) is 6.42 Å². The zero-order valence-corrected chi connectivity index (χ0v) is 11.6. The van der Waals surface area contributed by atoms with Crippen molar-refractivity contribution in [2.24, 2.45) is 5.73 Å². The maximum Gasteiger partial charge on any atom is 0.231 e. The number of amides is 1. The second-order valence-electron chi connectivity index (χ2n) is 4.74. The lowest BCUT2D eigenvalue weighted by molar-refractivity contribution is -0.117. The average Bonchev–Trinajstić information content (AvgIpc) is 2.49. The van der Waals surface area contributed by atoms with Gasteiger partial charge in [0, 0.05) is 25.3 Å². The summed E-state index contributed by atoms with van der Waals surface area (Å²) in [6.45, 7) is 0.429. The molecule has 0 atom stereocenters. The Hall–Kier alpha value is -2.27. The van der Waals surface area contributed by atoms with Gasteiger partial charge in [-0.2, -0.15) is 0 Å². The summed E-state index contributed by atoms with van der Waals surface area (Å²) < 4.78 is 26.4. The maximum atomic E-state index is 13.6. The van der Waals surface area contributed by atoms with E-state index in [4.69, 9.17) is 5.73 Å². The number of rotatable bonds is 4. The highest BCUT2D eigenvalue weighted by Gasteiger charge is 2.14. The van der Waals surface area contributed by atoms with E-state index in [1.54, 1.807) is 19.2 Å². The molecule has 0 unspecified atom stereocenters. The van der Waals surface area contributed by atoms with Gasteiger partial charge in [-0.15, -0.1) is 0 Å². The quantitative estimate of drug-likeness (QED) is 0.941. The Morgan fingerprint density at radius 2 is 1.81 bits per heavy atom. The molecule has 1 amide bonds. The molecule has 0 saturated heterocycles. The van der Waals surface area contributed by atoms with E-state index in [0.717, 1.165) is 17.7 Å². The SMILES string of the molecule is CN(C(=O)Cc1ccc(F)cc1F)c1ccc(CN)cc1. The fourth-order valence-corrected chi connectivity index (χ4v) is 1.95. The second-order valence-corrected chi connectivity index (χ2v) is 4.74. The van der Waals surface area contributed by atoms with E-state index >= 15 is 0 Å². The first-order valence-corrected chi connectivity index (χ1v) is 6.50. The fraction of sp³-hybridized carbons (Fsp3) is 0.188. The predicted octanol–water partition coefficient (Wildman–Crippen LogP) is 2.63. The zero-order valence-electron chi connectivity index (χ0n) is 11.6. The first-order chi connectivity index (χ1) is 10.0. The lowest BCUT2D eigenvalue weighted by Gasteiger charge is -2.18. The van der Waals surface area contributed by atoms with Crippen molar-refractivity contribution in [3.05, 3.63) is 65.2 Å². The van der Waals surface area contributed by atoms with Gasteiger partial charge < -0.3 is 10.6 Å². The monoisotopic (exact) mass is 290 g/mol. The van der Waals surface area contributed by atoms with Crippen molar-refractivity contribution >= 4 is 11.6 Å². The predicted molar refractivity (Wildman–Crippen MR) is 77.8 cm³/mol. The van der Waals surface area contributed by atoms with Crippen LogP contribution in [0.15, 0.2) is 42.5 Å². The molecule has 5 heteroatoms. The van der Waals surface area contributed by atoms with Crippen molar-refractivity contribution in [2.75, 3.05) is 11.9 Å². The summed E-state index contributed by atoms with van der Waals surface area (Å²) in [5.74, 6) is -1.65. The van der Waals surface area contributed by atoms with E-state index in [9.17, 15) is 13.6 Å². The van der Waals surface area contributed by atoms with Crippen LogP contribution in [-0.2, 0) is 17.8 Å². The molecule has 21 heavy (non-hydrogen) atoms. The number of carbonyl (C=O) groups is 1. The summed E-state index contributed by atoms with van der Waals surface area (Å²) in [4.78, 5) is 13.6. The Morgan fingerprint density at radius 3 is 2.38 bits per heavy atom. The van der Waals surface area contributed by atoms with Crippen LogP contribution in [0.4, 0.5) is 14.5 Å². The van der Waals surface area contributed by atoms with Crippen LogP contribution in [0.3, 0.4) is 0 Å². The molecule has 0 bridgehead atoms. The highest BCUT2D eigenvalue weighted by Crippen LogP contribution is 2.16. The molecule has 0 saturated carbocycles. The van der Waals surface area contributed by atoms with Crippen molar-refractivity contribution < 1.29 is 13.6 Å². The van der Waals surface area contributed by atoms with Gasteiger partial charge in [0.25, 0.3) is 0 Å². The molecule has 110 valence electrons. The van der Waals surface area contributed by atoms with Crippen LogP contribution in [0.5, 0.6) is 0 Å². The van der Waals surface area contributed by atoms with E-state index in [-0.39, 0.29) is 17.9 Å². The van der Waals surface area contributed by atoms with E-state index in [1.165, 1.54) is 11.0 Å². The summed E-state index contributed by atoms with van der Waals surface area (Å²) in [7, 11) is 1.61. The van der Waals surface area contributed by atoms with Crippen molar-refractivity contribution in [3.8, 4) is 0 Å². The highest BCUT2D eigenvalue weighted by molar-refractivity contribution is 5.94. The number of hydrogen-bond acceptors (Lipinski definition) is 2. The summed E-state index contributed by atoms with van der Waals surface area (Å²) in [5, 5.41) is 0. The molecular weight excluding hydrogens is 274 g/mol. The molecule has 0 heterocycles. The molecule has 0 aliphatic rings. The average molecular weight is 290 g/mol. The minimum atomic E-state index is -0.713. The largest absolute Gasteiger partial charge is 0.326 e. The van der Waals surface area contributed by atoms with E-state index in [2.05, 4.69) is 0 Å². The second kappa shape index (κ2) is 6.45. The van der Waals surface area contributed by atoms with Gasteiger partial charge in [0.15, 0.2) is 0 Å². The number of carbonyl (C=O) groups excluding carboxylic acids is 1. The number of nitrogens with two attached hydrogens (primary N) is 1. The maximum absolute atomic E-state index is 13.6. The minimum Gasteiger partial charge on any atom is -0.326 e. The number of halogens is 2. The van der Waals surface area contributed by atoms with Crippen molar-refractivity contribution in [1.82, 2.24) is 0 Å². The topological polar surface area (TPSA) is 46.3 Å². The lowest BCUT2D eigenvalue weighted by Crippen LogP contribution is -2.28. The fourth-order valence-electron chi connectivity index (χ4n) is 1.95. The molecule has 2 N–H and O–H groups in total. The van der Waals surface area contributed by atoms with Gasteiger partial charge in [-0.3, -0.25) is 4.79 Å². The Morgan fingerprint density at radius 1 is 1.14 bits per heavy atom. The summed E-state index contributed by atoms with van der Waals surface area (Å²) in [5.41, 5.74) is 7.34. The summed E-state index contributed by atoms with van der Waals surface area (Å²) >= 11 is 0. The molecule has 0 aliphatic carbocycles. The Bertz CT molecular complexity index is 641. The molecule has 2 aromatic carbocycles. The first-order valence-electron chi connectivity index (χ1n) is 6.50. The molecule has 0 aromatic heterocycles. The normalized spacial score (nSPS) is 10.5. The van der Waals surface area contributed by atoms with Crippen LogP contribution in [0.1, 0.15) is 11.1 Å². The van der Waals surface area contributed by atoms with Crippen LogP contribution in [0.2, 0.25) is 0 Å². The molecule has 3 nitrogen and oxygen atoms in total. The van der Waals surface area contributed by atoms with Gasteiger partial charge in [-0.25, -0.2) is 8.78 Å². The Kier molecular flexibility index (Phi) is 4.65. The molecule has 0 radical (unpaired) electrons. The molecule has 0 aliphatic heterocycles. The van der Waals surface area contributed by atoms with E-state index < -0.39 is 11.6 Å². The third-order valence-electron chi connectivity index (χ3n) is 3.29. The van der Waals surface area contributed by atoms with Gasteiger partial charge in [-0.1, -0.05) is 18.2 Å². The molecule has 0 fully saturated rings. The van der Waals surface area contributed by atoms with Crippen LogP contribution < -0.4 is 10.6 Å². The Balaban J connectivity index is 2.11. The standard InChI is InChI=1S/C16H16F2N2O/c1-20(14-6-2-11(10-19)3-7-14)16(21)8-12-4-5-13(17)9-15(12)18/h2-7,9H,8,10,19H2,1H3. The zero-order chi connectivity index (χ0) is 15.4. The minimum absolute atomic E-state index is 0.124. The molecule has 2 aromatic rings. The third kappa shape index (κ3) is 3.64. The van der Waals surface area contributed by atoms with E-state index in [1.807, 2.05) is 12.1 Å². The van der Waals surface area contributed by atoms with Crippen molar-refractivity contribution in [3.63, 3.8) is 0 Å². The number of benzene rings is 2. The molecule has 0 spiro atoms. The van der Waals surface area contributed by atoms with Crippen molar-refractivity contribution in [1.29, 1.82) is 0 Å². The van der Waals surface area contributed by atoms with E-state index in [0.29, 0.717) is 12.2 Å². The highest BCUT2D eigenvalue weighted by atomic mass is 19.1. The van der Waals surface area contributed by atoms with Crippen molar-refractivity contribution in [2.45, 2.75) is 13.0 Å². The number of nitrogens with zero attached hydrogens (tertiary/aromatic N) is 1. The number of hydrogen-bond donors (Lipinski definition) is 1. The van der Waals surface area contributed by atoms with Crippen LogP contribution in [0, 0.1) is 11.6 Å². The third-order valence-corrected chi connectivity index (χ3v) is 3.29. The molecular formula is C16H16F2N2O. The van der Waals surface area contributed by atoms with Crippen LogP contribution in [-0.4, -0.2) is 13.0 Å². The Labute approximate surface area is 122 Å². The number of anilines is 1. The van der Waals surface area contributed by atoms with Crippen LogP contribution >= 0.6 is 0 Å². The van der Waals surface area contributed by atoms with Gasteiger partial charge >= 0.3 is 0 Å². The van der Waals surface area contributed by atoms with Gasteiger partial charge in [-0.05, 0) is 29.3 Å². The summed E-state index contributed by atoms with van der Waals surface area (Å²) in [6, 6.07) is 10.4. The first kappa shape index (κ1) is 15.1. The summed E-state index contributed by atoms with van der Waals surface area (Å²) in [6.07, 6.45) is -0.124. The van der Waals surface area contributed by atoms with Crippen LogP contribution in [0.25, 0.3) is 0 Å².